The fourth-order valence-corrected chi connectivity index (χ4v) is 5.34. The number of carbonyl (C=O) groups is 2. The SMILES string of the molecule is O=C(c1nccs1)N1CCN(C2CC(=O)N(c3ccc(F)c(-c4ccccc4Cl)c3)C2)CC1. The summed E-state index contributed by atoms with van der Waals surface area (Å²) in [6.45, 7) is 3.16. The number of anilines is 1. The van der Waals surface area contributed by atoms with Crippen LogP contribution in [0, 0.1) is 5.82 Å². The van der Waals surface area contributed by atoms with Gasteiger partial charge >= 0.3 is 0 Å². The van der Waals surface area contributed by atoms with Crippen LogP contribution in [0.15, 0.2) is 54.0 Å². The normalized spacial score (nSPS) is 19.3. The molecule has 1 unspecified atom stereocenters. The van der Waals surface area contributed by atoms with E-state index in [0.29, 0.717) is 66.0 Å². The lowest BCUT2D eigenvalue weighted by Crippen LogP contribution is -2.52. The van der Waals surface area contributed by atoms with Crippen LogP contribution < -0.4 is 4.90 Å². The summed E-state index contributed by atoms with van der Waals surface area (Å²) in [5, 5.41) is 2.77. The Bertz CT molecular complexity index is 1180. The average Bonchev–Trinajstić information content (AvgIpc) is 3.50. The van der Waals surface area contributed by atoms with Crippen LogP contribution >= 0.6 is 22.9 Å². The van der Waals surface area contributed by atoms with Crippen molar-refractivity contribution in [2.24, 2.45) is 0 Å². The van der Waals surface area contributed by atoms with Crippen LogP contribution in [-0.4, -0.2) is 65.4 Å². The lowest BCUT2D eigenvalue weighted by atomic mass is 10.0. The van der Waals surface area contributed by atoms with E-state index in [1.807, 2.05) is 11.0 Å². The number of thiazole rings is 1. The van der Waals surface area contributed by atoms with E-state index in [1.165, 1.54) is 17.4 Å². The molecule has 0 bridgehead atoms. The van der Waals surface area contributed by atoms with Gasteiger partial charge in [0.15, 0.2) is 5.01 Å². The first-order chi connectivity index (χ1) is 16.0. The molecule has 6 nitrogen and oxygen atoms in total. The molecule has 3 aromatic rings. The highest BCUT2D eigenvalue weighted by Gasteiger charge is 2.36. The number of nitrogens with zero attached hydrogens (tertiary/aromatic N) is 4. The molecule has 2 saturated heterocycles. The maximum Gasteiger partial charge on any atom is 0.282 e. The summed E-state index contributed by atoms with van der Waals surface area (Å²) >= 11 is 7.63. The van der Waals surface area contributed by atoms with Crippen molar-refractivity contribution in [3.63, 3.8) is 0 Å². The van der Waals surface area contributed by atoms with Crippen molar-refractivity contribution < 1.29 is 14.0 Å². The van der Waals surface area contributed by atoms with Crippen LogP contribution in [0.1, 0.15) is 16.2 Å². The van der Waals surface area contributed by atoms with Crippen molar-refractivity contribution in [2.75, 3.05) is 37.6 Å². The number of carbonyl (C=O) groups excluding carboxylic acids is 2. The van der Waals surface area contributed by atoms with E-state index < -0.39 is 0 Å². The number of rotatable bonds is 4. The van der Waals surface area contributed by atoms with Gasteiger partial charge in [0.1, 0.15) is 5.82 Å². The summed E-state index contributed by atoms with van der Waals surface area (Å²) in [5.74, 6) is -0.402. The molecule has 9 heteroatoms. The highest BCUT2D eigenvalue weighted by atomic mass is 35.5. The minimum Gasteiger partial charge on any atom is -0.334 e. The maximum atomic E-state index is 14.6. The Hall–Kier alpha value is -2.81. The van der Waals surface area contributed by atoms with Crippen LogP contribution in [0.4, 0.5) is 10.1 Å². The molecule has 0 N–H and O–H groups in total. The van der Waals surface area contributed by atoms with Gasteiger partial charge in [-0.1, -0.05) is 29.8 Å². The molecular weight excluding hydrogens is 463 g/mol. The van der Waals surface area contributed by atoms with Gasteiger partial charge in [0.05, 0.1) is 0 Å². The standard InChI is InChI=1S/C24H22ClFN4O2S/c25-20-4-2-1-3-18(20)19-13-16(5-6-21(19)26)30-15-17(14-22(30)31)28-8-10-29(11-9-28)24(32)23-27-7-12-33-23/h1-7,12-13,17H,8-11,14-15H2. The molecule has 2 aromatic carbocycles. The van der Waals surface area contributed by atoms with E-state index in [1.54, 1.807) is 46.8 Å². The van der Waals surface area contributed by atoms with E-state index in [-0.39, 0.29) is 23.7 Å². The molecule has 1 aromatic heterocycles. The molecule has 33 heavy (non-hydrogen) atoms. The fourth-order valence-electron chi connectivity index (χ4n) is 4.50. The van der Waals surface area contributed by atoms with Gasteiger partial charge < -0.3 is 9.80 Å². The lowest BCUT2D eigenvalue weighted by Gasteiger charge is -2.37. The van der Waals surface area contributed by atoms with Crippen molar-refractivity contribution in [1.29, 1.82) is 0 Å². The van der Waals surface area contributed by atoms with Gasteiger partial charge in [-0.3, -0.25) is 14.5 Å². The Labute approximate surface area is 200 Å². The predicted octanol–water partition coefficient (Wildman–Crippen LogP) is 4.17. The van der Waals surface area contributed by atoms with Crippen LogP contribution in [0.3, 0.4) is 0 Å². The maximum absolute atomic E-state index is 14.6. The van der Waals surface area contributed by atoms with Crippen LogP contribution in [-0.2, 0) is 4.79 Å². The Morgan fingerprint density at radius 1 is 1.09 bits per heavy atom. The molecule has 2 aliphatic rings. The Balaban J connectivity index is 1.27. The van der Waals surface area contributed by atoms with Gasteiger partial charge in [-0.25, -0.2) is 9.37 Å². The number of amides is 2. The quantitative estimate of drug-likeness (QED) is 0.558. The zero-order chi connectivity index (χ0) is 22.9. The van der Waals surface area contributed by atoms with Gasteiger partial charge in [0.2, 0.25) is 5.91 Å². The number of benzene rings is 2. The second-order valence-electron chi connectivity index (χ2n) is 8.17. The van der Waals surface area contributed by atoms with Crippen molar-refractivity contribution in [2.45, 2.75) is 12.5 Å². The molecule has 2 fully saturated rings. The van der Waals surface area contributed by atoms with E-state index in [2.05, 4.69) is 9.88 Å². The molecule has 170 valence electrons. The van der Waals surface area contributed by atoms with Crippen molar-refractivity contribution >= 4 is 40.4 Å². The third kappa shape index (κ3) is 4.38. The largest absolute Gasteiger partial charge is 0.334 e. The Morgan fingerprint density at radius 3 is 2.61 bits per heavy atom. The van der Waals surface area contributed by atoms with E-state index in [9.17, 15) is 14.0 Å². The fraction of sp³-hybridized carbons (Fsp3) is 0.292. The summed E-state index contributed by atoms with van der Waals surface area (Å²) < 4.78 is 14.6. The highest BCUT2D eigenvalue weighted by molar-refractivity contribution is 7.11. The number of halogens is 2. The molecular formula is C24H22ClFN4O2S. The molecule has 1 atom stereocenters. The summed E-state index contributed by atoms with van der Waals surface area (Å²) in [4.78, 5) is 35.3. The number of piperazine rings is 1. The molecule has 0 radical (unpaired) electrons. The number of hydrogen-bond donors (Lipinski definition) is 0. The topological polar surface area (TPSA) is 56.8 Å². The minimum absolute atomic E-state index is 0.0120. The summed E-state index contributed by atoms with van der Waals surface area (Å²) in [7, 11) is 0. The second kappa shape index (κ2) is 9.21. The Kier molecular flexibility index (Phi) is 6.14. The van der Waals surface area contributed by atoms with Gasteiger partial charge in [-0.2, -0.15) is 0 Å². The molecule has 0 aliphatic carbocycles. The summed E-state index contributed by atoms with van der Waals surface area (Å²) in [6.07, 6.45) is 2.04. The number of aromatic nitrogens is 1. The van der Waals surface area contributed by atoms with Crippen molar-refractivity contribution in [3.8, 4) is 11.1 Å². The predicted molar refractivity (Wildman–Crippen MR) is 127 cm³/mol. The average molecular weight is 485 g/mol. The van der Waals surface area contributed by atoms with Crippen LogP contribution in [0.5, 0.6) is 0 Å². The molecule has 3 heterocycles. The number of hydrogen-bond acceptors (Lipinski definition) is 5. The molecule has 2 aliphatic heterocycles. The van der Waals surface area contributed by atoms with Gasteiger partial charge in [0.25, 0.3) is 5.91 Å². The van der Waals surface area contributed by atoms with Crippen LogP contribution in [0.2, 0.25) is 5.02 Å². The first-order valence-corrected chi connectivity index (χ1v) is 12.0. The first-order valence-electron chi connectivity index (χ1n) is 10.8. The van der Waals surface area contributed by atoms with E-state index in [4.69, 9.17) is 11.6 Å². The zero-order valence-electron chi connectivity index (χ0n) is 17.8. The Morgan fingerprint density at radius 2 is 1.88 bits per heavy atom. The third-order valence-corrected chi connectivity index (χ3v) is 7.35. The summed E-state index contributed by atoms with van der Waals surface area (Å²) in [5.41, 5.74) is 1.64. The van der Waals surface area contributed by atoms with Gasteiger partial charge in [0, 0.05) is 78.6 Å². The van der Waals surface area contributed by atoms with Crippen molar-refractivity contribution in [3.05, 3.63) is 69.9 Å². The zero-order valence-corrected chi connectivity index (χ0v) is 19.4. The molecule has 0 spiro atoms. The van der Waals surface area contributed by atoms with E-state index >= 15 is 0 Å². The monoisotopic (exact) mass is 484 g/mol. The lowest BCUT2D eigenvalue weighted by molar-refractivity contribution is -0.117. The summed E-state index contributed by atoms with van der Waals surface area (Å²) in [6, 6.07) is 11.9. The molecule has 2 amide bonds. The highest BCUT2D eigenvalue weighted by Crippen LogP contribution is 2.34. The van der Waals surface area contributed by atoms with Gasteiger partial charge in [-0.15, -0.1) is 11.3 Å². The van der Waals surface area contributed by atoms with E-state index in [0.717, 1.165) is 0 Å². The first kappa shape index (κ1) is 22.0. The molecule has 0 saturated carbocycles. The second-order valence-corrected chi connectivity index (χ2v) is 9.47. The smallest absolute Gasteiger partial charge is 0.282 e. The van der Waals surface area contributed by atoms with Crippen LogP contribution in [0.25, 0.3) is 11.1 Å². The van der Waals surface area contributed by atoms with Gasteiger partial charge in [-0.05, 0) is 24.3 Å². The van der Waals surface area contributed by atoms with Crippen molar-refractivity contribution in [1.82, 2.24) is 14.8 Å². The molecule has 5 rings (SSSR count). The third-order valence-electron chi connectivity index (χ3n) is 6.26. The minimum atomic E-state index is -0.379.